The van der Waals surface area contributed by atoms with Crippen LogP contribution in [0.3, 0.4) is 0 Å². The van der Waals surface area contributed by atoms with Crippen LogP contribution in [0.25, 0.3) is 0 Å². The number of ether oxygens (including phenoxy) is 1. The minimum Gasteiger partial charge on any atom is -0.458 e. The first kappa shape index (κ1) is 13.5. The van der Waals surface area contributed by atoms with Crippen molar-refractivity contribution in [1.82, 2.24) is 4.90 Å². The van der Waals surface area contributed by atoms with Gasteiger partial charge in [-0.3, -0.25) is 4.79 Å². The zero-order chi connectivity index (χ0) is 12.3. The smallest absolute Gasteiger partial charge is 0.329 e. The number of hydrogen-bond donors (Lipinski definition) is 0. The highest BCUT2D eigenvalue weighted by atomic mass is 79.9. The van der Waals surface area contributed by atoms with E-state index in [0.717, 1.165) is 6.42 Å². The molecule has 1 heterocycles. The molecule has 4 nitrogen and oxygen atoms in total. The minimum absolute atomic E-state index is 0.0478. The molecule has 1 fully saturated rings. The molecule has 1 amide bonds. The molecule has 1 unspecified atom stereocenters. The van der Waals surface area contributed by atoms with E-state index in [2.05, 4.69) is 15.9 Å². The first-order valence-electron chi connectivity index (χ1n) is 5.43. The van der Waals surface area contributed by atoms with Crippen molar-refractivity contribution in [3.8, 4) is 0 Å². The van der Waals surface area contributed by atoms with Crippen molar-refractivity contribution in [2.45, 2.75) is 45.3 Å². The lowest BCUT2D eigenvalue weighted by Gasteiger charge is -2.27. The molecule has 0 aromatic carbocycles. The molecule has 0 N–H and O–H groups in total. The third-order valence-electron chi connectivity index (χ3n) is 2.37. The van der Waals surface area contributed by atoms with Gasteiger partial charge < -0.3 is 9.64 Å². The number of alkyl halides is 1. The maximum Gasteiger partial charge on any atom is 0.329 e. The summed E-state index contributed by atoms with van der Waals surface area (Å²) < 4.78 is 5.30. The van der Waals surface area contributed by atoms with Gasteiger partial charge in [0.1, 0.15) is 11.6 Å². The molecule has 1 rings (SSSR count). The molecule has 0 aliphatic carbocycles. The van der Waals surface area contributed by atoms with Crippen LogP contribution in [0.4, 0.5) is 0 Å². The molecule has 0 aromatic heterocycles. The van der Waals surface area contributed by atoms with Crippen molar-refractivity contribution in [2.24, 2.45) is 0 Å². The summed E-state index contributed by atoms with van der Waals surface area (Å²) in [4.78, 5) is 25.0. The first-order valence-corrected chi connectivity index (χ1v) is 6.55. The summed E-state index contributed by atoms with van der Waals surface area (Å²) in [6, 6.07) is -0.399. The largest absolute Gasteiger partial charge is 0.458 e. The monoisotopic (exact) mass is 291 g/mol. The number of amides is 1. The lowest BCUT2D eigenvalue weighted by molar-refractivity contribution is -0.162. The molecular weight excluding hydrogens is 274 g/mol. The van der Waals surface area contributed by atoms with Crippen LogP contribution in [0.15, 0.2) is 0 Å². The van der Waals surface area contributed by atoms with E-state index in [4.69, 9.17) is 4.74 Å². The van der Waals surface area contributed by atoms with Gasteiger partial charge in [0.05, 0.1) is 5.33 Å². The van der Waals surface area contributed by atoms with E-state index in [-0.39, 0.29) is 17.2 Å². The average molecular weight is 292 g/mol. The number of carbonyl (C=O) groups excluding carboxylic acids is 2. The fourth-order valence-corrected chi connectivity index (χ4v) is 2.08. The van der Waals surface area contributed by atoms with E-state index in [9.17, 15) is 9.59 Å². The summed E-state index contributed by atoms with van der Waals surface area (Å²) in [5, 5.41) is 0.256. The van der Waals surface area contributed by atoms with Gasteiger partial charge in [-0.15, -0.1) is 0 Å². The number of nitrogens with zero attached hydrogens (tertiary/aromatic N) is 1. The Balaban J connectivity index is 2.65. The fourth-order valence-electron chi connectivity index (χ4n) is 1.76. The molecule has 16 heavy (non-hydrogen) atoms. The van der Waals surface area contributed by atoms with Crippen LogP contribution in [-0.4, -0.2) is 40.3 Å². The van der Waals surface area contributed by atoms with Gasteiger partial charge in [-0.1, -0.05) is 15.9 Å². The Morgan fingerprint density at radius 1 is 1.44 bits per heavy atom. The van der Waals surface area contributed by atoms with Gasteiger partial charge in [-0.2, -0.15) is 0 Å². The second kappa shape index (κ2) is 5.17. The molecule has 1 aliphatic rings. The van der Waals surface area contributed by atoms with Crippen molar-refractivity contribution in [2.75, 3.05) is 11.9 Å². The van der Waals surface area contributed by atoms with Gasteiger partial charge in [0.25, 0.3) is 0 Å². The maximum atomic E-state index is 11.9. The Morgan fingerprint density at radius 2 is 2.06 bits per heavy atom. The minimum atomic E-state index is -0.497. The van der Waals surface area contributed by atoms with E-state index >= 15 is 0 Å². The lowest BCUT2D eigenvalue weighted by atomic mass is 10.1. The Labute approximate surface area is 104 Å². The number of carbonyl (C=O) groups is 2. The van der Waals surface area contributed by atoms with Gasteiger partial charge in [0.15, 0.2) is 0 Å². The normalized spacial score (nSPS) is 21.0. The zero-order valence-electron chi connectivity index (χ0n) is 9.96. The third-order valence-corrected chi connectivity index (χ3v) is 2.85. The molecular formula is C11H18BrNO3. The van der Waals surface area contributed by atoms with Crippen LogP contribution in [0.1, 0.15) is 33.6 Å². The Morgan fingerprint density at radius 3 is 2.56 bits per heavy atom. The van der Waals surface area contributed by atoms with Gasteiger partial charge in [0, 0.05) is 6.54 Å². The molecule has 5 heteroatoms. The van der Waals surface area contributed by atoms with E-state index in [1.165, 1.54) is 0 Å². The van der Waals surface area contributed by atoms with Crippen molar-refractivity contribution in [3.63, 3.8) is 0 Å². The number of likely N-dealkylation sites (tertiary alicyclic amines) is 1. The van der Waals surface area contributed by atoms with E-state index < -0.39 is 11.6 Å². The summed E-state index contributed by atoms with van der Waals surface area (Å²) in [7, 11) is 0. The van der Waals surface area contributed by atoms with E-state index in [0.29, 0.717) is 13.0 Å². The van der Waals surface area contributed by atoms with E-state index in [1.54, 1.807) is 4.90 Å². The van der Waals surface area contributed by atoms with Crippen LogP contribution in [0.5, 0.6) is 0 Å². The molecule has 0 aromatic rings. The van der Waals surface area contributed by atoms with Crippen molar-refractivity contribution < 1.29 is 14.3 Å². The van der Waals surface area contributed by atoms with Gasteiger partial charge in [0.2, 0.25) is 5.91 Å². The van der Waals surface area contributed by atoms with Crippen LogP contribution in [0.2, 0.25) is 0 Å². The standard InChI is InChI=1S/C11H18BrNO3/c1-11(2,3)16-10(15)8-5-4-6-13(8)9(14)7-12/h8H,4-7H2,1-3H3. The van der Waals surface area contributed by atoms with Gasteiger partial charge >= 0.3 is 5.97 Å². The van der Waals surface area contributed by atoms with Crippen molar-refractivity contribution in [3.05, 3.63) is 0 Å². The van der Waals surface area contributed by atoms with E-state index in [1.807, 2.05) is 20.8 Å². The number of hydrogen-bond acceptors (Lipinski definition) is 3. The first-order chi connectivity index (χ1) is 7.35. The molecule has 0 spiro atoms. The predicted octanol–water partition coefficient (Wildman–Crippen LogP) is 1.71. The van der Waals surface area contributed by atoms with Crippen LogP contribution in [0, 0.1) is 0 Å². The quantitative estimate of drug-likeness (QED) is 0.575. The zero-order valence-corrected chi connectivity index (χ0v) is 11.5. The van der Waals surface area contributed by atoms with Crippen molar-refractivity contribution in [1.29, 1.82) is 0 Å². The highest BCUT2D eigenvalue weighted by Gasteiger charge is 2.36. The van der Waals surface area contributed by atoms with Crippen molar-refractivity contribution >= 4 is 27.8 Å². The van der Waals surface area contributed by atoms with Crippen LogP contribution in [-0.2, 0) is 14.3 Å². The molecule has 0 bridgehead atoms. The van der Waals surface area contributed by atoms with Crippen LogP contribution >= 0.6 is 15.9 Å². The maximum absolute atomic E-state index is 11.9. The summed E-state index contributed by atoms with van der Waals surface area (Å²) >= 11 is 3.12. The Bertz CT molecular complexity index is 285. The number of halogens is 1. The fraction of sp³-hybridized carbons (Fsp3) is 0.818. The second-order valence-electron chi connectivity index (χ2n) is 4.91. The van der Waals surface area contributed by atoms with Gasteiger partial charge in [-0.25, -0.2) is 4.79 Å². The number of esters is 1. The third kappa shape index (κ3) is 3.47. The number of rotatable bonds is 2. The summed E-state index contributed by atoms with van der Waals surface area (Å²) in [5.41, 5.74) is -0.497. The molecule has 0 saturated carbocycles. The highest BCUT2D eigenvalue weighted by molar-refractivity contribution is 9.09. The summed E-state index contributed by atoms with van der Waals surface area (Å²) in [6.07, 6.45) is 1.57. The second-order valence-corrected chi connectivity index (χ2v) is 5.47. The Kier molecular flexibility index (Phi) is 4.35. The summed E-state index contributed by atoms with van der Waals surface area (Å²) in [5.74, 6) is -0.340. The SMILES string of the molecule is CC(C)(C)OC(=O)C1CCCN1C(=O)CBr. The molecule has 1 saturated heterocycles. The predicted molar refractivity (Wildman–Crippen MR) is 64.4 cm³/mol. The topological polar surface area (TPSA) is 46.6 Å². The average Bonchev–Trinajstić information content (AvgIpc) is 2.62. The molecule has 1 aliphatic heterocycles. The molecule has 1 atom stereocenters. The Hall–Kier alpha value is -0.580. The van der Waals surface area contributed by atoms with Gasteiger partial charge in [-0.05, 0) is 33.6 Å². The summed E-state index contributed by atoms with van der Waals surface area (Å²) in [6.45, 7) is 6.14. The highest BCUT2D eigenvalue weighted by Crippen LogP contribution is 2.21. The van der Waals surface area contributed by atoms with Crippen LogP contribution < -0.4 is 0 Å². The lowest BCUT2D eigenvalue weighted by Crippen LogP contribution is -2.44. The molecule has 0 radical (unpaired) electrons. The molecule has 92 valence electrons.